The molecule has 0 bridgehead atoms. The molecule has 2 aliphatic rings. The number of fused-ring (bicyclic) bond motifs is 6. The molecule has 0 saturated heterocycles. The molecule has 0 aromatic heterocycles. The van der Waals surface area contributed by atoms with E-state index in [0.717, 1.165) is 0 Å². The van der Waals surface area contributed by atoms with Gasteiger partial charge in [-0.15, -0.1) is 0 Å². The molecule has 0 N–H and O–H groups in total. The zero-order chi connectivity index (χ0) is 41.3. The van der Waals surface area contributed by atoms with Gasteiger partial charge >= 0.3 is 0 Å². The molecule has 58 heavy (non-hydrogen) atoms. The second-order valence-electron chi connectivity index (χ2n) is 21.2. The zero-order valence-corrected chi connectivity index (χ0v) is 37.0. The topological polar surface area (TPSA) is 6.48 Å². The van der Waals surface area contributed by atoms with Gasteiger partial charge in [0.15, 0.2) is 0 Å². The number of aryl methyl sites for hydroxylation is 1. The van der Waals surface area contributed by atoms with E-state index in [0.29, 0.717) is 0 Å². The van der Waals surface area contributed by atoms with Crippen LogP contribution in [0.2, 0.25) is 0 Å². The van der Waals surface area contributed by atoms with E-state index < -0.39 is 0 Å². The summed E-state index contributed by atoms with van der Waals surface area (Å²) in [4.78, 5) is 5.28. The van der Waals surface area contributed by atoms with E-state index in [1.54, 1.807) is 0 Å². The Kier molecular flexibility index (Phi) is 8.48. The van der Waals surface area contributed by atoms with E-state index in [9.17, 15) is 0 Å². The molecule has 0 unspecified atom stereocenters. The molecule has 0 fully saturated rings. The Balaban J connectivity index is 1.46. The van der Waals surface area contributed by atoms with Gasteiger partial charge in [-0.3, -0.25) is 0 Å². The second kappa shape index (κ2) is 12.9. The lowest BCUT2D eigenvalue weighted by atomic mass is 9.33. The molecular weight excluding hydrogens is 699 g/mol. The van der Waals surface area contributed by atoms with Crippen LogP contribution in [-0.2, 0) is 21.7 Å². The first-order valence-electron chi connectivity index (χ1n) is 21.3. The maximum atomic E-state index is 2.64. The third-order valence-electron chi connectivity index (χ3n) is 12.7. The molecule has 2 nitrogen and oxygen atoms in total. The predicted octanol–water partition coefficient (Wildman–Crippen LogP) is 13.6. The van der Waals surface area contributed by atoms with Gasteiger partial charge < -0.3 is 9.80 Å². The van der Waals surface area contributed by atoms with Crippen molar-refractivity contribution in [2.24, 2.45) is 0 Å². The van der Waals surface area contributed by atoms with Crippen molar-refractivity contribution in [1.82, 2.24) is 0 Å². The highest BCUT2D eigenvalue weighted by atomic mass is 15.2. The lowest BCUT2D eigenvalue weighted by molar-refractivity contribution is 0.590. The third-order valence-corrected chi connectivity index (χ3v) is 12.7. The minimum absolute atomic E-state index is 0.0146. The van der Waals surface area contributed by atoms with Crippen LogP contribution in [0.25, 0.3) is 21.5 Å². The van der Waals surface area contributed by atoms with Gasteiger partial charge in [0.25, 0.3) is 6.71 Å². The summed E-state index contributed by atoms with van der Waals surface area (Å²) in [7, 11) is 0. The van der Waals surface area contributed by atoms with E-state index in [1.807, 2.05) is 0 Å². The van der Waals surface area contributed by atoms with Crippen LogP contribution in [-0.4, -0.2) is 6.71 Å². The summed E-state index contributed by atoms with van der Waals surface area (Å²) in [6, 6.07) is 47.0. The molecule has 0 amide bonds. The number of hydrogen-bond donors (Lipinski definition) is 0. The Morgan fingerprint density at radius 2 is 0.759 bits per heavy atom. The summed E-state index contributed by atoms with van der Waals surface area (Å²) in [5.74, 6) is 0. The number of nitrogens with zero attached hydrogens (tertiary/aromatic N) is 2. The monoisotopic (exact) mass is 758 g/mol. The van der Waals surface area contributed by atoms with Gasteiger partial charge in [-0.2, -0.15) is 0 Å². The summed E-state index contributed by atoms with van der Waals surface area (Å²) < 4.78 is 0. The molecule has 0 atom stereocenters. The number of anilines is 6. The first-order valence-corrected chi connectivity index (χ1v) is 21.3. The fraction of sp³-hybridized carbons (Fsp3) is 0.309. The number of hydrogen-bond acceptors (Lipinski definition) is 2. The van der Waals surface area contributed by atoms with E-state index in [1.165, 1.54) is 99.9 Å². The average Bonchev–Trinajstić information content (AvgIpc) is 3.15. The van der Waals surface area contributed by atoms with Crippen molar-refractivity contribution in [2.45, 2.75) is 112 Å². The van der Waals surface area contributed by atoms with Crippen molar-refractivity contribution in [3.63, 3.8) is 0 Å². The molecule has 0 radical (unpaired) electrons. The lowest BCUT2D eigenvalue weighted by Gasteiger charge is -2.46. The van der Waals surface area contributed by atoms with Crippen molar-refractivity contribution in [2.75, 3.05) is 9.80 Å². The van der Waals surface area contributed by atoms with E-state index >= 15 is 0 Å². The van der Waals surface area contributed by atoms with Crippen LogP contribution in [0.5, 0.6) is 0 Å². The molecule has 0 saturated carbocycles. The van der Waals surface area contributed by atoms with Gasteiger partial charge in [0, 0.05) is 22.7 Å². The molecule has 3 heteroatoms. The maximum Gasteiger partial charge on any atom is 0.252 e. The smallest absolute Gasteiger partial charge is 0.252 e. The first-order chi connectivity index (χ1) is 27.2. The van der Waals surface area contributed by atoms with E-state index in [-0.39, 0.29) is 28.4 Å². The standard InChI is InChI=1S/C55H59BN2/c1-34-30-47-51-48(31-34)58(46-27-23-36-19-15-17-21-40(36)50(46)55(11,12)13)44-29-25-38(53(5,6)7)33-42(44)56(51)41-32-37(52(2,3)4)24-28-43(41)57(47)45-26-22-35-18-14-16-20-39(35)49(45)54(8,9)10/h14-33H,1-13H3. The number of rotatable bonds is 2. The van der Waals surface area contributed by atoms with Crippen molar-refractivity contribution in [1.29, 1.82) is 0 Å². The lowest BCUT2D eigenvalue weighted by Crippen LogP contribution is -2.62. The molecule has 2 aliphatic heterocycles. The molecule has 292 valence electrons. The zero-order valence-electron chi connectivity index (χ0n) is 37.0. The van der Waals surface area contributed by atoms with Crippen molar-refractivity contribution in [3.05, 3.63) is 149 Å². The summed E-state index contributed by atoms with van der Waals surface area (Å²) in [6.07, 6.45) is 0. The van der Waals surface area contributed by atoms with Crippen LogP contribution in [0.3, 0.4) is 0 Å². The highest BCUT2D eigenvalue weighted by molar-refractivity contribution is 7.00. The Bertz CT molecular complexity index is 2610. The fourth-order valence-electron chi connectivity index (χ4n) is 10.1. The van der Waals surface area contributed by atoms with Crippen LogP contribution >= 0.6 is 0 Å². The Labute approximate surface area is 348 Å². The molecule has 0 aliphatic carbocycles. The quantitative estimate of drug-likeness (QED) is 0.162. The maximum absolute atomic E-state index is 2.64. The van der Waals surface area contributed by atoms with Gasteiger partial charge in [0.2, 0.25) is 0 Å². The van der Waals surface area contributed by atoms with Gasteiger partial charge in [-0.05, 0) is 131 Å². The van der Waals surface area contributed by atoms with Crippen molar-refractivity contribution < 1.29 is 0 Å². The Morgan fingerprint density at radius 1 is 0.379 bits per heavy atom. The largest absolute Gasteiger partial charge is 0.311 e. The molecule has 2 heterocycles. The van der Waals surface area contributed by atoms with E-state index in [4.69, 9.17) is 0 Å². The Morgan fingerprint density at radius 3 is 1.14 bits per heavy atom. The molecular formula is C55H59BN2. The second-order valence-corrected chi connectivity index (χ2v) is 21.2. The minimum atomic E-state index is -0.116. The fourth-order valence-corrected chi connectivity index (χ4v) is 10.1. The Hall–Kier alpha value is -5.28. The average molecular weight is 759 g/mol. The predicted molar refractivity (Wildman–Crippen MR) is 255 cm³/mol. The highest BCUT2D eigenvalue weighted by Crippen LogP contribution is 2.51. The van der Waals surface area contributed by atoms with Crippen LogP contribution in [0.1, 0.15) is 111 Å². The third kappa shape index (κ3) is 5.99. The van der Waals surface area contributed by atoms with Crippen LogP contribution < -0.4 is 26.2 Å². The summed E-state index contributed by atoms with van der Waals surface area (Å²) in [6.45, 7) is 30.7. The first kappa shape index (κ1) is 38.3. The van der Waals surface area contributed by atoms with Crippen LogP contribution in [0.15, 0.2) is 121 Å². The molecule has 7 aromatic rings. The van der Waals surface area contributed by atoms with Crippen LogP contribution in [0, 0.1) is 6.92 Å². The van der Waals surface area contributed by atoms with Crippen LogP contribution in [0.4, 0.5) is 34.1 Å². The van der Waals surface area contributed by atoms with Gasteiger partial charge in [-0.25, -0.2) is 0 Å². The van der Waals surface area contributed by atoms with Crippen molar-refractivity contribution >= 4 is 78.8 Å². The molecule has 0 spiro atoms. The normalized spacial score (nSPS) is 14.2. The van der Waals surface area contributed by atoms with Gasteiger partial charge in [0.05, 0.1) is 11.4 Å². The number of benzene rings is 7. The summed E-state index contributed by atoms with van der Waals surface area (Å²) >= 11 is 0. The SMILES string of the molecule is Cc1cc2c3c(c1)N(c1ccc4ccccc4c1C(C)(C)C)c1ccc(C(C)(C)C)cc1B3c1cc(C(C)(C)C)ccc1N2c1ccc2ccccc2c1C(C)(C)C. The van der Waals surface area contributed by atoms with Gasteiger partial charge in [-0.1, -0.05) is 168 Å². The minimum Gasteiger partial charge on any atom is -0.311 e. The summed E-state index contributed by atoms with van der Waals surface area (Å²) in [5.41, 5.74) is 18.2. The molecule has 7 aromatic carbocycles. The molecule has 9 rings (SSSR count). The van der Waals surface area contributed by atoms with E-state index in [2.05, 4.69) is 221 Å². The van der Waals surface area contributed by atoms with Gasteiger partial charge in [0.1, 0.15) is 0 Å². The summed E-state index contributed by atoms with van der Waals surface area (Å²) in [5, 5.41) is 5.19. The highest BCUT2D eigenvalue weighted by Gasteiger charge is 2.45. The van der Waals surface area contributed by atoms with Crippen molar-refractivity contribution in [3.8, 4) is 0 Å².